The molecule has 0 amide bonds. The Hall–Kier alpha value is -2.18. The summed E-state index contributed by atoms with van der Waals surface area (Å²) in [7, 11) is -3.62. The Kier molecular flexibility index (Phi) is 4.92. The van der Waals surface area contributed by atoms with E-state index in [1.54, 1.807) is 35.6 Å². The van der Waals surface area contributed by atoms with E-state index >= 15 is 0 Å². The number of sulfonamides is 1. The van der Waals surface area contributed by atoms with Crippen molar-refractivity contribution in [2.24, 2.45) is 0 Å². The first-order chi connectivity index (χ1) is 11.8. The van der Waals surface area contributed by atoms with Crippen molar-refractivity contribution in [2.75, 3.05) is 4.72 Å². The number of rotatable bonds is 5. The lowest BCUT2D eigenvalue weighted by Gasteiger charge is -2.11. The van der Waals surface area contributed by atoms with Gasteiger partial charge in [-0.2, -0.15) is 0 Å². The van der Waals surface area contributed by atoms with Crippen molar-refractivity contribution in [3.63, 3.8) is 0 Å². The summed E-state index contributed by atoms with van der Waals surface area (Å²) in [4.78, 5) is 4.70. The maximum atomic E-state index is 12.6. The van der Waals surface area contributed by atoms with E-state index in [1.807, 2.05) is 36.6 Å². The molecule has 3 rings (SSSR count). The molecule has 0 aliphatic rings. The molecule has 0 radical (unpaired) electrons. The molecule has 1 heterocycles. The first kappa shape index (κ1) is 17.6. The summed E-state index contributed by atoms with van der Waals surface area (Å²) < 4.78 is 27.9. The molecule has 0 aliphatic heterocycles. The van der Waals surface area contributed by atoms with Crippen LogP contribution in [-0.4, -0.2) is 13.4 Å². The molecule has 0 fully saturated rings. The summed E-state index contributed by atoms with van der Waals surface area (Å²) in [6, 6.07) is 14.3. The van der Waals surface area contributed by atoms with Crippen molar-refractivity contribution in [2.45, 2.75) is 31.6 Å². The van der Waals surface area contributed by atoms with E-state index in [-0.39, 0.29) is 4.90 Å². The predicted molar refractivity (Wildman–Crippen MR) is 104 cm³/mol. The predicted octanol–water partition coefficient (Wildman–Crippen LogP) is 5.04. The number of anilines is 1. The summed E-state index contributed by atoms with van der Waals surface area (Å²) >= 11 is 1.57. The number of thiazole rings is 1. The third-order valence-corrected chi connectivity index (χ3v) is 6.06. The van der Waals surface area contributed by atoms with Gasteiger partial charge in [0.05, 0.1) is 15.6 Å². The molecule has 0 bridgehead atoms. The average molecular weight is 373 g/mol. The molecule has 0 atom stereocenters. The van der Waals surface area contributed by atoms with Crippen LogP contribution in [0.2, 0.25) is 0 Å². The van der Waals surface area contributed by atoms with Crippen LogP contribution in [0.1, 0.15) is 30.3 Å². The summed E-state index contributed by atoms with van der Waals surface area (Å²) in [5.74, 6) is 0.364. The van der Waals surface area contributed by atoms with Crippen LogP contribution in [0.3, 0.4) is 0 Å². The summed E-state index contributed by atoms with van der Waals surface area (Å²) in [5, 5.41) is 2.94. The number of nitrogens with one attached hydrogen (secondary N) is 1. The van der Waals surface area contributed by atoms with Gasteiger partial charge >= 0.3 is 0 Å². The molecule has 2 aromatic carbocycles. The Morgan fingerprint density at radius 3 is 2.40 bits per heavy atom. The molecular weight excluding hydrogens is 352 g/mol. The Bertz CT molecular complexity index is 975. The Labute approximate surface area is 152 Å². The second kappa shape index (κ2) is 6.98. The second-order valence-corrected chi connectivity index (χ2v) is 8.91. The molecule has 1 aromatic heterocycles. The van der Waals surface area contributed by atoms with E-state index < -0.39 is 10.0 Å². The van der Waals surface area contributed by atoms with E-state index in [0.29, 0.717) is 11.6 Å². The van der Waals surface area contributed by atoms with E-state index in [0.717, 1.165) is 21.8 Å². The topological polar surface area (TPSA) is 59.1 Å². The minimum Gasteiger partial charge on any atom is -0.280 e. The highest BCUT2D eigenvalue weighted by molar-refractivity contribution is 7.92. The van der Waals surface area contributed by atoms with E-state index in [4.69, 9.17) is 0 Å². The minimum absolute atomic E-state index is 0.256. The zero-order valence-electron chi connectivity index (χ0n) is 14.4. The van der Waals surface area contributed by atoms with Crippen molar-refractivity contribution < 1.29 is 8.42 Å². The summed E-state index contributed by atoms with van der Waals surface area (Å²) in [5.41, 5.74) is 3.38. The second-order valence-electron chi connectivity index (χ2n) is 6.16. The normalized spacial score (nSPS) is 11.7. The smallest absolute Gasteiger partial charge is 0.261 e. The molecule has 0 spiro atoms. The Morgan fingerprint density at radius 2 is 1.80 bits per heavy atom. The molecule has 6 heteroatoms. The maximum Gasteiger partial charge on any atom is 0.261 e. The molecule has 4 nitrogen and oxygen atoms in total. The third kappa shape index (κ3) is 4.08. The fraction of sp³-hybridized carbons (Fsp3) is 0.211. The molecule has 130 valence electrons. The quantitative estimate of drug-likeness (QED) is 0.682. The van der Waals surface area contributed by atoms with Crippen LogP contribution in [0.5, 0.6) is 0 Å². The lowest BCUT2D eigenvalue weighted by atomic mass is 10.0. The highest BCUT2D eigenvalue weighted by atomic mass is 32.2. The van der Waals surface area contributed by atoms with Crippen LogP contribution >= 0.6 is 11.3 Å². The van der Waals surface area contributed by atoms with E-state index in [2.05, 4.69) is 23.6 Å². The number of aromatic nitrogens is 1. The van der Waals surface area contributed by atoms with Crippen LogP contribution in [-0.2, 0) is 10.0 Å². The minimum atomic E-state index is -3.62. The Balaban J connectivity index is 1.85. The van der Waals surface area contributed by atoms with Crippen LogP contribution in [0.15, 0.2) is 58.8 Å². The van der Waals surface area contributed by atoms with Crippen molar-refractivity contribution in [1.29, 1.82) is 0 Å². The van der Waals surface area contributed by atoms with Crippen molar-refractivity contribution in [3.8, 4) is 11.3 Å². The summed E-state index contributed by atoms with van der Waals surface area (Å²) in [6.07, 6.45) is 0. The first-order valence-electron chi connectivity index (χ1n) is 8.00. The van der Waals surface area contributed by atoms with Crippen LogP contribution in [0, 0.1) is 6.92 Å². The monoisotopic (exact) mass is 372 g/mol. The fourth-order valence-electron chi connectivity index (χ4n) is 2.48. The van der Waals surface area contributed by atoms with Gasteiger partial charge in [0, 0.05) is 16.6 Å². The number of nitrogens with zero attached hydrogens (tertiary/aromatic N) is 1. The zero-order chi connectivity index (χ0) is 18.0. The van der Waals surface area contributed by atoms with Gasteiger partial charge in [-0.15, -0.1) is 11.3 Å². The molecule has 1 N–H and O–H groups in total. The highest BCUT2D eigenvalue weighted by Crippen LogP contribution is 2.26. The fourth-order valence-corrected chi connectivity index (χ4v) is 4.16. The van der Waals surface area contributed by atoms with Gasteiger partial charge in [0.15, 0.2) is 0 Å². The van der Waals surface area contributed by atoms with Crippen LogP contribution < -0.4 is 4.72 Å². The first-order valence-corrected chi connectivity index (χ1v) is 10.4. The van der Waals surface area contributed by atoms with E-state index in [1.165, 1.54) is 0 Å². The molecule has 0 unspecified atom stereocenters. The Morgan fingerprint density at radius 1 is 1.08 bits per heavy atom. The number of hydrogen-bond donors (Lipinski definition) is 1. The third-order valence-electron chi connectivity index (χ3n) is 3.89. The van der Waals surface area contributed by atoms with Gasteiger partial charge in [0.2, 0.25) is 0 Å². The molecule has 25 heavy (non-hydrogen) atoms. The van der Waals surface area contributed by atoms with Crippen molar-refractivity contribution in [3.05, 3.63) is 64.5 Å². The number of benzene rings is 2. The molecule has 3 aromatic rings. The van der Waals surface area contributed by atoms with Gasteiger partial charge < -0.3 is 0 Å². The van der Waals surface area contributed by atoms with Gasteiger partial charge in [-0.25, -0.2) is 13.4 Å². The zero-order valence-corrected chi connectivity index (χ0v) is 16.0. The molecule has 0 saturated carbocycles. The van der Waals surface area contributed by atoms with E-state index in [9.17, 15) is 8.42 Å². The molecular formula is C19H20N2O2S2. The largest absolute Gasteiger partial charge is 0.280 e. The summed E-state index contributed by atoms with van der Waals surface area (Å²) in [6.45, 7) is 6.10. The van der Waals surface area contributed by atoms with Crippen molar-refractivity contribution in [1.82, 2.24) is 4.98 Å². The van der Waals surface area contributed by atoms with Gasteiger partial charge in [-0.1, -0.05) is 38.1 Å². The van der Waals surface area contributed by atoms with Gasteiger partial charge in [-0.05, 0) is 42.7 Å². The lowest BCUT2D eigenvalue weighted by Crippen LogP contribution is -2.13. The SMILES string of the molecule is Cc1nc(-c2cccc(NS(=O)(=O)c3ccc(C(C)C)cc3)c2)cs1. The number of aryl methyl sites for hydroxylation is 1. The van der Waals surface area contributed by atoms with Gasteiger partial charge in [-0.3, -0.25) is 4.72 Å². The van der Waals surface area contributed by atoms with Gasteiger partial charge in [0.1, 0.15) is 0 Å². The molecule has 0 saturated heterocycles. The van der Waals surface area contributed by atoms with Crippen LogP contribution in [0.4, 0.5) is 5.69 Å². The standard InChI is InChI=1S/C19H20N2O2S2/c1-13(2)15-7-9-18(10-8-15)25(22,23)21-17-6-4-5-16(11-17)19-12-24-14(3)20-19/h4-13,21H,1-3H3. The average Bonchev–Trinajstić information content (AvgIpc) is 3.01. The maximum absolute atomic E-state index is 12.6. The van der Waals surface area contributed by atoms with Crippen LogP contribution in [0.25, 0.3) is 11.3 Å². The highest BCUT2D eigenvalue weighted by Gasteiger charge is 2.15. The lowest BCUT2D eigenvalue weighted by molar-refractivity contribution is 0.601. The van der Waals surface area contributed by atoms with Crippen molar-refractivity contribution >= 4 is 27.0 Å². The molecule has 0 aliphatic carbocycles. The van der Waals surface area contributed by atoms with Gasteiger partial charge in [0.25, 0.3) is 10.0 Å². The number of hydrogen-bond acceptors (Lipinski definition) is 4.